The first kappa shape index (κ1) is 13.4. The van der Waals surface area contributed by atoms with E-state index in [1.165, 1.54) is 5.56 Å². The van der Waals surface area contributed by atoms with Crippen LogP contribution in [0.15, 0.2) is 42.5 Å². The topological polar surface area (TPSA) is 15.3 Å². The molecular weight excluding hydrogens is 239 g/mol. The zero-order valence-corrected chi connectivity index (χ0v) is 11.6. The molecule has 0 unspecified atom stereocenters. The quantitative estimate of drug-likeness (QED) is 0.795. The van der Waals surface area contributed by atoms with Crippen molar-refractivity contribution in [3.05, 3.63) is 53.6 Å². The van der Waals surface area contributed by atoms with E-state index in [0.29, 0.717) is 5.69 Å². The van der Waals surface area contributed by atoms with Crippen LogP contribution in [0.5, 0.6) is 0 Å². The first-order valence-electron chi connectivity index (χ1n) is 6.47. The number of halogens is 1. The molecule has 0 spiro atoms. The summed E-state index contributed by atoms with van der Waals surface area (Å²) in [6.07, 6.45) is 0. The van der Waals surface area contributed by atoms with Crippen molar-refractivity contribution in [1.29, 1.82) is 0 Å². The van der Waals surface area contributed by atoms with Gasteiger partial charge in [-0.1, -0.05) is 23.8 Å². The van der Waals surface area contributed by atoms with Crippen LogP contribution in [0.2, 0.25) is 0 Å². The predicted molar refractivity (Wildman–Crippen MR) is 79.8 cm³/mol. The minimum absolute atomic E-state index is 0.517. The van der Waals surface area contributed by atoms with E-state index >= 15 is 0 Å². The SMILES string of the molecule is CCN(c1ccc(C)cc1)c1ccc(C)c(NF)c1. The third-order valence-corrected chi connectivity index (χ3v) is 3.30. The molecule has 0 amide bonds. The van der Waals surface area contributed by atoms with Crippen LogP contribution < -0.4 is 10.4 Å². The Hall–Kier alpha value is -2.03. The van der Waals surface area contributed by atoms with Gasteiger partial charge in [0.1, 0.15) is 0 Å². The first-order valence-corrected chi connectivity index (χ1v) is 6.47. The molecule has 2 nitrogen and oxygen atoms in total. The molecule has 0 radical (unpaired) electrons. The highest BCUT2D eigenvalue weighted by Gasteiger charge is 2.09. The molecule has 19 heavy (non-hydrogen) atoms. The fourth-order valence-corrected chi connectivity index (χ4v) is 2.12. The summed E-state index contributed by atoms with van der Waals surface area (Å²) in [5, 5.41) is 0. The Labute approximate surface area is 113 Å². The highest BCUT2D eigenvalue weighted by molar-refractivity contribution is 5.68. The molecule has 2 aromatic carbocycles. The van der Waals surface area contributed by atoms with Gasteiger partial charge in [0.2, 0.25) is 0 Å². The van der Waals surface area contributed by atoms with Gasteiger partial charge in [0.25, 0.3) is 0 Å². The zero-order valence-electron chi connectivity index (χ0n) is 11.6. The molecule has 2 aromatic rings. The van der Waals surface area contributed by atoms with Crippen molar-refractivity contribution in [1.82, 2.24) is 0 Å². The molecular formula is C16H19FN2. The van der Waals surface area contributed by atoms with Crippen molar-refractivity contribution in [2.24, 2.45) is 0 Å². The Bertz CT molecular complexity index is 549. The lowest BCUT2D eigenvalue weighted by Crippen LogP contribution is -2.16. The molecule has 0 bridgehead atoms. The first-order chi connectivity index (χ1) is 9.15. The summed E-state index contributed by atoms with van der Waals surface area (Å²) >= 11 is 0. The Morgan fingerprint density at radius 1 is 1.00 bits per heavy atom. The maximum atomic E-state index is 12.7. The normalized spacial score (nSPS) is 10.3. The van der Waals surface area contributed by atoms with Gasteiger partial charge in [0, 0.05) is 17.9 Å². The van der Waals surface area contributed by atoms with Crippen molar-refractivity contribution in [2.75, 3.05) is 17.0 Å². The second-order valence-corrected chi connectivity index (χ2v) is 4.67. The molecule has 0 aliphatic heterocycles. The number of rotatable bonds is 4. The van der Waals surface area contributed by atoms with Crippen LogP contribution in [0.4, 0.5) is 21.5 Å². The largest absolute Gasteiger partial charge is 0.342 e. The number of hydrogen-bond donors (Lipinski definition) is 1. The summed E-state index contributed by atoms with van der Waals surface area (Å²) in [4.78, 5) is 2.15. The standard InChI is InChI=1S/C16H19FN2/c1-4-19(14-8-5-12(2)6-9-14)15-10-7-13(3)16(11-15)18-17/h5-11,18H,4H2,1-3H3. The summed E-state index contributed by atoms with van der Waals surface area (Å²) < 4.78 is 12.7. The Morgan fingerprint density at radius 2 is 1.63 bits per heavy atom. The lowest BCUT2D eigenvalue weighted by molar-refractivity contribution is 0.616. The van der Waals surface area contributed by atoms with Gasteiger partial charge in [-0.2, -0.15) is 0 Å². The van der Waals surface area contributed by atoms with Gasteiger partial charge < -0.3 is 4.90 Å². The molecule has 2 rings (SSSR count). The molecule has 0 aromatic heterocycles. The van der Waals surface area contributed by atoms with Gasteiger partial charge in [0.15, 0.2) is 0 Å². The zero-order chi connectivity index (χ0) is 13.8. The summed E-state index contributed by atoms with van der Waals surface area (Å²) in [7, 11) is 0. The number of nitrogens with zero attached hydrogens (tertiary/aromatic N) is 1. The van der Waals surface area contributed by atoms with Gasteiger partial charge in [-0.15, -0.1) is 4.48 Å². The summed E-state index contributed by atoms with van der Waals surface area (Å²) in [5.74, 6) is 0. The Kier molecular flexibility index (Phi) is 4.05. The maximum Gasteiger partial charge on any atom is 0.0705 e. The van der Waals surface area contributed by atoms with Crippen LogP contribution in [0.1, 0.15) is 18.1 Å². The van der Waals surface area contributed by atoms with Gasteiger partial charge in [-0.25, -0.2) is 5.54 Å². The summed E-state index contributed by atoms with van der Waals surface area (Å²) in [6.45, 7) is 6.87. The highest BCUT2D eigenvalue weighted by Crippen LogP contribution is 2.29. The Morgan fingerprint density at radius 3 is 2.21 bits per heavy atom. The molecule has 0 saturated carbocycles. The molecule has 1 N–H and O–H groups in total. The second-order valence-electron chi connectivity index (χ2n) is 4.67. The van der Waals surface area contributed by atoms with E-state index in [1.807, 2.05) is 25.1 Å². The van der Waals surface area contributed by atoms with Gasteiger partial charge in [0.05, 0.1) is 5.69 Å². The fraction of sp³-hybridized carbons (Fsp3) is 0.250. The van der Waals surface area contributed by atoms with Gasteiger partial charge >= 0.3 is 0 Å². The van der Waals surface area contributed by atoms with Crippen molar-refractivity contribution in [3.8, 4) is 0 Å². The van der Waals surface area contributed by atoms with Crippen LogP contribution in [0.25, 0.3) is 0 Å². The van der Waals surface area contributed by atoms with E-state index < -0.39 is 0 Å². The number of nitrogens with one attached hydrogen (secondary N) is 1. The van der Waals surface area contributed by atoms with E-state index in [4.69, 9.17) is 0 Å². The van der Waals surface area contributed by atoms with Crippen LogP contribution >= 0.6 is 0 Å². The van der Waals surface area contributed by atoms with Crippen LogP contribution in [0.3, 0.4) is 0 Å². The Balaban J connectivity index is 2.39. The van der Waals surface area contributed by atoms with E-state index in [-0.39, 0.29) is 0 Å². The molecule has 0 saturated heterocycles. The maximum absolute atomic E-state index is 12.7. The van der Waals surface area contributed by atoms with Crippen molar-refractivity contribution in [2.45, 2.75) is 20.8 Å². The second kappa shape index (κ2) is 5.74. The molecule has 0 fully saturated rings. The average Bonchev–Trinajstić information content (AvgIpc) is 2.43. The van der Waals surface area contributed by atoms with Crippen molar-refractivity contribution in [3.63, 3.8) is 0 Å². The predicted octanol–water partition coefficient (Wildman–Crippen LogP) is 4.76. The number of hydrogen-bond acceptors (Lipinski definition) is 2. The van der Waals surface area contributed by atoms with Crippen molar-refractivity contribution < 1.29 is 4.48 Å². The van der Waals surface area contributed by atoms with Crippen LogP contribution in [-0.4, -0.2) is 6.54 Å². The molecule has 0 atom stereocenters. The van der Waals surface area contributed by atoms with Gasteiger partial charge in [-0.05, 0) is 50.6 Å². The minimum atomic E-state index is 0.517. The highest BCUT2D eigenvalue weighted by atomic mass is 19.2. The average molecular weight is 258 g/mol. The summed E-state index contributed by atoms with van der Waals surface area (Å²) in [6, 6.07) is 14.1. The third-order valence-electron chi connectivity index (χ3n) is 3.30. The summed E-state index contributed by atoms with van der Waals surface area (Å²) in [5.41, 5.74) is 6.49. The number of aryl methyl sites for hydroxylation is 2. The van der Waals surface area contributed by atoms with E-state index in [0.717, 1.165) is 23.5 Å². The van der Waals surface area contributed by atoms with Crippen LogP contribution in [0, 0.1) is 13.8 Å². The monoisotopic (exact) mass is 258 g/mol. The molecule has 100 valence electrons. The molecule has 0 aliphatic rings. The molecule has 0 heterocycles. The van der Waals surface area contributed by atoms with E-state index in [1.54, 1.807) is 5.54 Å². The molecule has 3 heteroatoms. The van der Waals surface area contributed by atoms with E-state index in [9.17, 15) is 4.48 Å². The van der Waals surface area contributed by atoms with Crippen molar-refractivity contribution >= 4 is 17.1 Å². The smallest absolute Gasteiger partial charge is 0.0705 e. The minimum Gasteiger partial charge on any atom is -0.342 e. The van der Waals surface area contributed by atoms with Gasteiger partial charge in [-0.3, -0.25) is 0 Å². The number of anilines is 3. The lowest BCUT2D eigenvalue weighted by atomic mass is 10.1. The fourth-order valence-electron chi connectivity index (χ4n) is 2.12. The third kappa shape index (κ3) is 2.87. The number of benzene rings is 2. The van der Waals surface area contributed by atoms with Crippen LogP contribution in [-0.2, 0) is 0 Å². The molecule has 0 aliphatic carbocycles. The van der Waals surface area contributed by atoms with E-state index in [2.05, 4.69) is 43.0 Å². The lowest BCUT2D eigenvalue weighted by Gasteiger charge is -2.24.